The van der Waals surface area contributed by atoms with Crippen molar-refractivity contribution in [3.05, 3.63) is 145 Å². The molecule has 6 aromatic heterocycles. The Balaban J connectivity index is 0.939. The van der Waals surface area contributed by atoms with E-state index in [1.54, 1.807) is 35.3 Å². The summed E-state index contributed by atoms with van der Waals surface area (Å²) in [6.07, 6.45) is 15.0. The molecule has 66 heavy (non-hydrogen) atoms. The number of imidazole rings is 1. The van der Waals surface area contributed by atoms with E-state index < -0.39 is 28.7 Å². The van der Waals surface area contributed by atoms with Gasteiger partial charge in [0, 0.05) is 61.5 Å². The number of nitrogens with zero attached hydrogens (tertiary/aromatic N) is 9. The molecule has 17 heteroatoms. The molecule has 2 aromatic carbocycles. The Morgan fingerprint density at radius 3 is 2.47 bits per heavy atom. The molecule has 1 saturated heterocycles. The first-order valence-electron chi connectivity index (χ1n) is 23.2. The van der Waals surface area contributed by atoms with E-state index in [9.17, 15) is 9.59 Å². The fourth-order valence-corrected chi connectivity index (χ4v) is 11.1. The van der Waals surface area contributed by atoms with Gasteiger partial charge in [-0.15, -0.1) is 0 Å². The number of amides is 1. The summed E-state index contributed by atoms with van der Waals surface area (Å²) in [6.45, 7) is 3.65. The van der Waals surface area contributed by atoms with E-state index in [1.165, 1.54) is 27.0 Å². The van der Waals surface area contributed by atoms with Crippen LogP contribution in [0.2, 0.25) is 0 Å². The molecule has 3 aliphatic carbocycles. The second-order valence-corrected chi connectivity index (χ2v) is 18.9. The summed E-state index contributed by atoms with van der Waals surface area (Å²) < 4.78 is 50.8. The van der Waals surface area contributed by atoms with Crippen molar-refractivity contribution in [3.63, 3.8) is 0 Å². The average molecular weight is 893 g/mol. The van der Waals surface area contributed by atoms with E-state index in [0.29, 0.717) is 95.6 Å². The van der Waals surface area contributed by atoms with Crippen LogP contribution in [0.1, 0.15) is 133 Å². The molecule has 1 N–H and O–H groups in total. The minimum Gasteiger partial charge on any atom is -0.381 e. The lowest BCUT2D eigenvalue weighted by molar-refractivity contribution is 0.0675. The standard InChI is InChI=1S/C49H46F2N10O5/c1-27-41-38(12-18-56(27)45(62)35-25-33-23-30(28-13-21-65-22-14-28)11-17-57(33)43(35)49(15-16-49)46-53-47(63)66-55-46)54-61(32-7-8-37(50)34(24-32)29-5-6-29)44(41)59-20-19-58(48(59)64)40-10-9-39-36(42(40)51)26-52-60(39)31-3-2-4-31/h7-11,17,19-20,23-29,31H,2-6,12-16,18,21-22H2,1H3,(H,53,55,63). The summed E-state index contributed by atoms with van der Waals surface area (Å²) in [5, 5.41) is 14.1. The Hall–Kier alpha value is -6.88. The largest absolute Gasteiger partial charge is 0.438 e. The van der Waals surface area contributed by atoms with E-state index in [1.807, 2.05) is 39.2 Å². The summed E-state index contributed by atoms with van der Waals surface area (Å²) in [4.78, 5) is 47.2. The Morgan fingerprint density at radius 1 is 0.909 bits per heavy atom. The number of ether oxygens (including phenoxy) is 1. The number of pyridine rings is 1. The number of aromatic amines is 1. The maximum Gasteiger partial charge on any atom is 0.438 e. The first kappa shape index (κ1) is 39.5. The third-order valence-corrected chi connectivity index (χ3v) is 15.1. The van der Waals surface area contributed by atoms with E-state index in [4.69, 9.17) is 14.4 Å². The van der Waals surface area contributed by atoms with Gasteiger partial charge < -0.3 is 14.0 Å². The number of benzene rings is 2. The highest BCUT2D eigenvalue weighted by Gasteiger charge is 2.54. The van der Waals surface area contributed by atoms with E-state index >= 15 is 13.6 Å². The highest BCUT2D eigenvalue weighted by atomic mass is 19.1. The molecule has 0 spiro atoms. The molecule has 1 atom stereocenters. The third-order valence-electron chi connectivity index (χ3n) is 15.1. The second kappa shape index (κ2) is 14.6. The molecular formula is C49H46F2N10O5. The molecule has 0 bridgehead atoms. The smallest absolute Gasteiger partial charge is 0.381 e. The van der Waals surface area contributed by atoms with E-state index in [0.717, 1.165) is 56.2 Å². The topological polar surface area (TPSA) is 155 Å². The lowest BCUT2D eigenvalue weighted by Crippen LogP contribution is -2.40. The zero-order chi connectivity index (χ0) is 44.6. The Morgan fingerprint density at radius 2 is 1.73 bits per heavy atom. The Labute approximate surface area is 375 Å². The number of halogens is 2. The fraction of sp³-hybridized carbons (Fsp3) is 0.388. The van der Waals surface area contributed by atoms with E-state index in [2.05, 4.69) is 27.4 Å². The van der Waals surface area contributed by atoms with Gasteiger partial charge in [0.1, 0.15) is 11.6 Å². The van der Waals surface area contributed by atoms with Crippen LogP contribution in [0.15, 0.2) is 87.4 Å². The fourth-order valence-electron chi connectivity index (χ4n) is 11.1. The van der Waals surface area contributed by atoms with Crippen molar-refractivity contribution in [1.29, 1.82) is 0 Å². The normalized spacial score (nSPS) is 19.7. The number of fused-ring (bicyclic) bond motifs is 3. The van der Waals surface area contributed by atoms with Crippen LogP contribution in [-0.4, -0.2) is 73.8 Å². The summed E-state index contributed by atoms with van der Waals surface area (Å²) in [7, 11) is 0. The lowest BCUT2D eigenvalue weighted by atomic mass is 9.92. The van der Waals surface area contributed by atoms with Gasteiger partial charge in [0.15, 0.2) is 11.6 Å². The molecule has 15 nitrogen and oxygen atoms in total. The molecule has 5 aliphatic rings. The maximum atomic E-state index is 16.5. The predicted molar refractivity (Wildman–Crippen MR) is 237 cm³/mol. The molecule has 3 saturated carbocycles. The van der Waals surface area contributed by atoms with Gasteiger partial charge in [0.25, 0.3) is 5.91 Å². The number of nitrogens with one attached hydrogen (secondary N) is 1. The summed E-state index contributed by atoms with van der Waals surface area (Å²) in [5.74, 6) is -0.539. The van der Waals surface area contributed by atoms with Crippen molar-refractivity contribution in [2.75, 3.05) is 19.8 Å². The number of H-pyrrole nitrogens is 1. The summed E-state index contributed by atoms with van der Waals surface area (Å²) in [5.41, 5.74) is 5.21. The number of hydrogen-bond acceptors (Lipinski definition) is 8. The van der Waals surface area contributed by atoms with Crippen LogP contribution < -0.4 is 11.4 Å². The van der Waals surface area contributed by atoms with Gasteiger partial charge in [0.05, 0.1) is 57.2 Å². The third kappa shape index (κ3) is 5.93. The van der Waals surface area contributed by atoms with Gasteiger partial charge in [-0.25, -0.2) is 23.1 Å². The monoisotopic (exact) mass is 892 g/mol. The van der Waals surface area contributed by atoms with Gasteiger partial charge in [0.2, 0.25) is 0 Å². The van der Waals surface area contributed by atoms with E-state index in [-0.39, 0.29) is 29.4 Å². The molecule has 8 heterocycles. The van der Waals surface area contributed by atoms with Crippen LogP contribution in [0, 0.1) is 11.6 Å². The molecule has 13 rings (SSSR count). The quantitative estimate of drug-likeness (QED) is 0.155. The number of hydrogen-bond donors (Lipinski definition) is 1. The summed E-state index contributed by atoms with van der Waals surface area (Å²) in [6, 6.07) is 14.2. The van der Waals surface area contributed by atoms with Crippen molar-refractivity contribution in [1.82, 2.24) is 48.1 Å². The molecular weight excluding hydrogens is 847 g/mol. The van der Waals surface area contributed by atoms with Crippen molar-refractivity contribution in [3.8, 4) is 17.2 Å². The van der Waals surface area contributed by atoms with Crippen molar-refractivity contribution in [2.24, 2.45) is 0 Å². The van der Waals surface area contributed by atoms with Gasteiger partial charge in [-0.05, 0) is 136 Å². The average Bonchev–Trinajstić information content (AvgIpc) is 4.03. The second-order valence-electron chi connectivity index (χ2n) is 18.9. The highest BCUT2D eigenvalue weighted by molar-refractivity contribution is 5.98. The van der Waals surface area contributed by atoms with Crippen LogP contribution in [0.4, 0.5) is 8.78 Å². The van der Waals surface area contributed by atoms with Crippen LogP contribution in [0.5, 0.6) is 0 Å². The SMILES string of the molecule is CC1c2c(nn(-c3ccc(F)c(C4CC4)c3)c2-n2ccn(-c3ccc4c(cnn4C4CCC4)c3F)c2=O)CCN1C(=O)c1cc2cc(C3CCOCC3)ccn2c1C1(c2noc(=O)[nH]2)CC1. The lowest BCUT2D eigenvalue weighted by Gasteiger charge is -2.34. The van der Waals surface area contributed by atoms with Crippen molar-refractivity contribution >= 4 is 22.3 Å². The van der Waals surface area contributed by atoms with Crippen molar-refractivity contribution < 1.29 is 22.8 Å². The number of carbonyl (C=O) groups excluding carboxylic acids is 1. The molecule has 0 radical (unpaired) electrons. The number of carbonyl (C=O) groups is 1. The predicted octanol–water partition coefficient (Wildman–Crippen LogP) is 7.71. The first-order valence-corrected chi connectivity index (χ1v) is 23.2. The Bertz CT molecular complexity index is 3400. The highest BCUT2D eigenvalue weighted by Crippen LogP contribution is 2.54. The maximum absolute atomic E-state index is 16.5. The summed E-state index contributed by atoms with van der Waals surface area (Å²) >= 11 is 0. The molecule has 4 fully saturated rings. The molecule has 8 aromatic rings. The minimum atomic E-state index is -0.754. The van der Waals surface area contributed by atoms with Gasteiger partial charge in [-0.2, -0.15) is 10.2 Å². The Kier molecular flexibility index (Phi) is 8.71. The molecule has 1 unspecified atom stereocenters. The van der Waals surface area contributed by atoms with Crippen LogP contribution in [-0.2, 0) is 16.6 Å². The number of rotatable bonds is 9. The molecule has 336 valence electrons. The van der Waals surface area contributed by atoms with Crippen LogP contribution in [0.25, 0.3) is 33.6 Å². The number of aromatic nitrogens is 9. The first-order chi connectivity index (χ1) is 32.2. The molecule has 1 amide bonds. The zero-order valence-electron chi connectivity index (χ0n) is 36.3. The van der Waals surface area contributed by atoms with Crippen molar-refractivity contribution in [2.45, 2.75) is 100 Å². The van der Waals surface area contributed by atoms with Crippen LogP contribution >= 0.6 is 0 Å². The zero-order valence-corrected chi connectivity index (χ0v) is 36.3. The van der Waals surface area contributed by atoms with Crippen LogP contribution in [0.3, 0.4) is 0 Å². The molecule has 2 aliphatic heterocycles. The van der Waals surface area contributed by atoms with Gasteiger partial charge in [-0.3, -0.25) is 28.1 Å². The van der Waals surface area contributed by atoms with Gasteiger partial charge in [-0.1, -0.05) is 5.16 Å². The minimum absolute atomic E-state index is 0.0812. The van der Waals surface area contributed by atoms with Gasteiger partial charge >= 0.3 is 11.4 Å².